The number of aliphatic hydroxyl groups excluding tert-OH is 2. The Hall–Kier alpha value is -3.57. The highest BCUT2D eigenvalue weighted by Crippen LogP contribution is 2.48. The standard InChI is InChI=1S/C25H31N6O8P/c1-4-17(24(34)37-15(2)3)30-40(35,39-16-8-6-5-7-9-16)36-13-25(12-26)22(33)20(32)21(38-25)18-10-11-19-23(27)28-14-29-31(18)19/h5-11,14-15,17,20-22,32-33H,4,13H2,1-3H3,(H,30,35)(H2,27,28,29)/t17-,20-,21-,22-,25+,40?/m0/s1. The van der Waals surface area contributed by atoms with Gasteiger partial charge in [-0.25, -0.2) is 14.1 Å². The van der Waals surface area contributed by atoms with Crippen LogP contribution < -0.4 is 15.3 Å². The van der Waals surface area contributed by atoms with Crippen LogP contribution in [0.3, 0.4) is 0 Å². The Morgan fingerprint density at radius 3 is 2.67 bits per heavy atom. The van der Waals surface area contributed by atoms with Crippen LogP contribution in [0, 0.1) is 11.3 Å². The first-order valence-electron chi connectivity index (χ1n) is 12.5. The van der Waals surface area contributed by atoms with Gasteiger partial charge >= 0.3 is 13.7 Å². The van der Waals surface area contributed by atoms with Gasteiger partial charge in [0.05, 0.1) is 11.8 Å². The fourth-order valence-electron chi connectivity index (χ4n) is 4.18. The first-order valence-corrected chi connectivity index (χ1v) is 14.1. The molecule has 0 radical (unpaired) electrons. The Morgan fingerprint density at radius 2 is 2.02 bits per heavy atom. The molecule has 5 N–H and O–H groups in total. The van der Waals surface area contributed by atoms with Crippen molar-refractivity contribution in [1.82, 2.24) is 19.7 Å². The van der Waals surface area contributed by atoms with Crippen LogP contribution in [-0.4, -0.2) is 67.3 Å². The van der Waals surface area contributed by atoms with Crippen molar-refractivity contribution in [1.29, 1.82) is 5.26 Å². The predicted octanol–water partition coefficient (Wildman–Crippen LogP) is 1.89. The van der Waals surface area contributed by atoms with E-state index >= 15 is 0 Å². The minimum atomic E-state index is -4.41. The number of aliphatic hydroxyl groups is 2. The van der Waals surface area contributed by atoms with Crippen LogP contribution in [0.25, 0.3) is 5.52 Å². The Bertz CT molecular complexity index is 1430. The number of ether oxygens (including phenoxy) is 2. The smallest absolute Gasteiger partial charge is 0.459 e. The maximum atomic E-state index is 14.0. The molecule has 1 aliphatic rings. The Labute approximate surface area is 230 Å². The van der Waals surface area contributed by atoms with Crippen molar-refractivity contribution in [3.8, 4) is 11.8 Å². The monoisotopic (exact) mass is 574 g/mol. The van der Waals surface area contributed by atoms with Gasteiger partial charge in [-0.3, -0.25) is 9.32 Å². The number of nitrogen functional groups attached to an aromatic ring is 1. The van der Waals surface area contributed by atoms with Crippen molar-refractivity contribution in [2.75, 3.05) is 12.3 Å². The van der Waals surface area contributed by atoms with E-state index < -0.39 is 56.4 Å². The van der Waals surface area contributed by atoms with E-state index in [1.165, 1.54) is 23.0 Å². The summed E-state index contributed by atoms with van der Waals surface area (Å²) in [5.74, 6) is -0.350. The van der Waals surface area contributed by atoms with Crippen molar-refractivity contribution < 1.29 is 38.1 Å². The van der Waals surface area contributed by atoms with Gasteiger partial charge in [0.15, 0.2) is 5.82 Å². The van der Waals surface area contributed by atoms with Gasteiger partial charge in [0.2, 0.25) is 5.60 Å². The number of rotatable bonds is 11. The van der Waals surface area contributed by atoms with Gasteiger partial charge in [-0.05, 0) is 44.5 Å². The molecule has 14 nitrogen and oxygen atoms in total. The number of nitrogens with one attached hydrogen (secondary N) is 1. The van der Waals surface area contributed by atoms with Crippen LogP contribution in [0.5, 0.6) is 5.75 Å². The van der Waals surface area contributed by atoms with Crippen LogP contribution >= 0.6 is 7.75 Å². The molecular formula is C25H31N6O8P. The average Bonchev–Trinajstić information content (AvgIpc) is 3.46. The molecule has 0 saturated carbocycles. The minimum Gasteiger partial charge on any atom is -0.462 e. The maximum Gasteiger partial charge on any atom is 0.459 e. The van der Waals surface area contributed by atoms with E-state index in [1.54, 1.807) is 51.1 Å². The third-order valence-electron chi connectivity index (χ3n) is 6.22. The first-order chi connectivity index (χ1) is 19.0. The Morgan fingerprint density at radius 1 is 1.30 bits per heavy atom. The molecule has 4 rings (SSSR count). The third-order valence-corrected chi connectivity index (χ3v) is 7.76. The summed E-state index contributed by atoms with van der Waals surface area (Å²) in [5, 5.41) is 38.6. The molecule has 1 unspecified atom stereocenters. The second-order valence-corrected chi connectivity index (χ2v) is 11.1. The molecule has 3 heterocycles. The normalized spacial score (nSPS) is 24.9. The number of carbonyl (C=O) groups excluding carboxylic acids is 1. The lowest BCUT2D eigenvalue weighted by Crippen LogP contribution is -2.46. The number of nitrogens with zero attached hydrogens (tertiary/aromatic N) is 4. The highest BCUT2D eigenvalue weighted by atomic mass is 31.2. The third kappa shape index (κ3) is 5.95. The zero-order valence-electron chi connectivity index (χ0n) is 22.1. The zero-order valence-corrected chi connectivity index (χ0v) is 23.0. The summed E-state index contributed by atoms with van der Waals surface area (Å²) in [4.78, 5) is 16.5. The van der Waals surface area contributed by atoms with E-state index in [9.17, 15) is 24.8 Å². The lowest BCUT2D eigenvalue weighted by molar-refractivity contribution is -0.149. The van der Waals surface area contributed by atoms with E-state index in [0.717, 1.165) is 0 Å². The molecule has 1 fully saturated rings. The van der Waals surface area contributed by atoms with Crippen molar-refractivity contribution in [2.24, 2.45) is 0 Å². The fraction of sp³-hybridized carbons (Fsp3) is 0.440. The van der Waals surface area contributed by atoms with Gasteiger partial charge in [-0.15, -0.1) is 0 Å². The Kier molecular flexibility index (Phi) is 8.74. The van der Waals surface area contributed by atoms with Crippen LogP contribution in [0.2, 0.25) is 0 Å². The number of nitrogens with two attached hydrogens (primary N) is 1. The number of fused-ring (bicyclic) bond motifs is 1. The molecule has 0 aliphatic carbocycles. The van der Waals surface area contributed by atoms with Gasteiger partial charge in [0.1, 0.15) is 54.6 Å². The van der Waals surface area contributed by atoms with Crippen LogP contribution in [0.15, 0.2) is 48.8 Å². The molecule has 0 spiro atoms. The van der Waals surface area contributed by atoms with Crippen LogP contribution in [-0.2, 0) is 23.4 Å². The molecule has 1 aromatic carbocycles. The largest absolute Gasteiger partial charge is 0.462 e. The number of carbonyl (C=O) groups is 1. The van der Waals surface area contributed by atoms with Crippen molar-refractivity contribution in [2.45, 2.75) is 63.3 Å². The number of esters is 1. The van der Waals surface area contributed by atoms with Crippen LogP contribution in [0.4, 0.5) is 5.82 Å². The molecule has 40 heavy (non-hydrogen) atoms. The molecule has 3 aromatic rings. The molecule has 1 saturated heterocycles. The van der Waals surface area contributed by atoms with E-state index in [1.807, 2.05) is 6.07 Å². The number of benzene rings is 1. The molecule has 1 aliphatic heterocycles. The van der Waals surface area contributed by atoms with Gasteiger partial charge in [-0.1, -0.05) is 25.1 Å². The van der Waals surface area contributed by atoms with E-state index in [-0.39, 0.29) is 23.7 Å². The quantitative estimate of drug-likeness (QED) is 0.191. The minimum absolute atomic E-state index is 0.152. The summed E-state index contributed by atoms with van der Waals surface area (Å²) in [5.41, 5.74) is 4.43. The molecule has 15 heteroatoms. The van der Waals surface area contributed by atoms with E-state index in [2.05, 4.69) is 15.2 Å². The van der Waals surface area contributed by atoms with E-state index in [4.69, 9.17) is 24.3 Å². The number of anilines is 1. The summed E-state index contributed by atoms with van der Waals surface area (Å²) in [6.07, 6.45) is -3.66. The van der Waals surface area contributed by atoms with Crippen LogP contribution in [0.1, 0.15) is 39.0 Å². The molecule has 0 bridgehead atoms. The second kappa shape index (κ2) is 11.9. The van der Waals surface area contributed by atoms with Crippen molar-refractivity contribution in [3.05, 3.63) is 54.5 Å². The summed E-state index contributed by atoms with van der Waals surface area (Å²) in [6.45, 7) is 4.22. The zero-order chi connectivity index (χ0) is 29.1. The summed E-state index contributed by atoms with van der Waals surface area (Å²) in [6, 6.07) is 12.0. The SMILES string of the molecule is CC[C@H](NP(=O)(OC[C@@]1(C#N)O[C@@H](c2ccc3c(N)ncnn23)[C@H](O)[C@@H]1O)Oc1ccccc1)C(=O)OC(C)C. The van der Waals surface area contributed by atoms with Gasteiger partial charge in [-0.2, -0.15) is 15.4 Å². The highest BCUT2D eigenvalue weighted by Gasteiger charge is 2.57. The average molecular weight is 575 g/mol. The molecule has 2 aromatic heterocycles. The number of nitriles is 1. The Balaban J connectivity index is 1.61. The number of hydrogen-bond acceptors (Lipinski definition) is 12. The first kappa shape index (κ1) is 29.4. The fourth-order valence-corrected chi connectivity index (χ4v) is 5.79. The second-order valence-electron chi connectivity index (χ2n) is 9.43. The summed E-state index contributed by atoms with van der Waals surface area (Å²) < 4.78 is 37.7. The number of aromatic nitrogens is 3. The number of para-hydroxylation sites is 1. The van der Waals surface area contributed by atoms with Crippen molar-refractivity contribution in [3.63, 3.8) is 0 Å². The van der Waals surface area contributed by atoms with Gasteiger partial charge in [0, 0.05) is 0 Å². The summed E-state index contributed by atoms with van der Waals surface area (Å²) in [7, 11) is -4.41. The molecular weight excluding hydrogens is 543 g/mol. The summed E-state index contributed by atoms with van der Waals surface area (Å²) >= 11 is 0. The predicted molar refractivity (Wildman–Crippen MR) is 141 cm³/mol. The van der Waals surface area contributed by atoms with E-state index in [0.29, 0.717) is 5.52 Å². The molecule has 214 valence electrons. The van der Waals surface area contributed by atoms with Gasteiger partial charge in [0.25, 0.3) is 0 Å². The van der Waals surface area contributed by atoms with Crippen molar-refractivity contribution >= 4 is 25.1 Å². The lowest BCUT2D eigenvalue weighted by Gasteiger charge is -2.29. The maximum absolute atomic E-state index is 14.0. The lowest BCUT2D eigenvalue weighted by atomic mass is 9.96. The molecule has 0 amide bonds. The molecule has 6 atom stereocenters. The highest BCUT2D eigenvalue weighted by molar-refractivity contribution is 7.52. The van der Waals surface area contributed by atoms with Gasteiger partial charge < -0.3 is 29.9 Å². The number of hydrogen-bond donors (Lipinski definition) is 4. The topological polar surface area (TPSA) is 204 Å².